The highest BCUT2D eigenvalue weighted by molar-refractivity contribution is 6.04. The largest absolute Gasteiger partial charge is 0.427 e. The van der Waals surface area contributed by atoms with Crippen molar-refractivity contribution in [1.29, 1.82) is 0 Å². The summed E-state index contributed by atoms with van der Waals surface area (Å²) in [6.45, 7) is 7.80. The summed E-state index contributed by atoms with van der Waals surface area (Å²) in [6, 6.07) is 7.07. The molecule has 2 rings (SSSR count). The molecule has 1 N–H and O–H groups in total. The predicted molar refractivity (Wildman–Crippen MR) is 89.8 cm³/mol. The summed E-state index contributed by atoms with van der Waals surface area (Å²) in [5.41, 5.74) is 0.830. The summed E-state index contributed by atoms with van der Waals surface area (Å²) in [5.74, 6) is 1.06. The van der Waals surface area contributed by atoms with Gasteiger partial charge in [-0.2, -0.15) is 0 Å². The molecule has 2 aromatic heterocycles. The number of rotatable bonds is 5. The lowest BCUT2D eigenvalue weighted by Gasteiger charge is -2.09. The second-order valence-electron chi connectivity index (χ2n) is 6.11. The monoisotopic (exact) mass is 314 g/mol. The molecule has 0 atom stereocenters. The van der Waals surface area contributed by atoms with Gasteiger partial charge in [0.25, 0.3) is 5.91 Å². The van der Waals surface area contributed by atoms with E-state index in [0.29, 0.717) is 29.5 Å². The first-order valence-electron chi connectivity index (χ1n) is 7.75. The Bertz CT molecular complexity index is 763. The average molecular weight is 314 g/mol. The smallest absolute Gasteiger partial charge is 0.349 e. The minimum absolute atomic E-state index is 0.0293. The summed E-state index contributed by atoms with van der Waals surface area (Å²) in [7, 11) is 0. The normalized spacial score (nSPS) is 10.8. The maximum absolute atomic E-state index is 12.3. The number of carbonyl (C=O) groups excluding carboxylic acids is 1. The van der Waals surface area contributed by atoms with Gasteiger partial charge in [-0.05, 0) is 49.9 Å². The third kappa shape index (κ3) is 4.52. The molecule has 1 amide bonds. The van der Waals surface area contributed by atoms with Crippen LogP contribution in [0.5, 0.6) is 0 Å². The number of aromatic nitrogens is 1. The lowest BCUT2D eigenvalue weighted by Crippen LogP contribution is -2.23. The van der Waals surface area contributed by atoms with Crippen LogP contribution in [0, 0.1) is 19.8 Å². The van der Waals surface area contributed by atoms with E-state index >= 15 is 0 Å². The van der Waals surface area contributed by atoms with Crippen molar-refractivity contribution in [2.75, 3.05) is 5.32 Å². The third-order valence-electron chi connectivity index (χ3n) is 3.52. The highest BCUT2D eigenvalue weighted by atomic mass is 16.4. The van der Waals surface area contributed by atoms with Gasteiger partial charge in [-0.3, -0.25) is 4.79 Å². The molecule has 5 nitrogen and oxygen atoms in total. The Morgan fingerprint density at radius 3 is 2.65 bits per heavy atom. The van der Waals surface area contributed by atoms with Gasteiger partial charge in [-0.1, -0.05) is 19.9 Å². The van der Waals surface area contributed by atoms with E-state index in [1.807, 2.05) is 13.0 Å². The molecule has 0 saturated carbocycles. The van der Waals surface area contributed by atoms with E-state index in [2.05, 4.69) is 24.1 Å². The molecular formula is C18H22N2O3. The molecule has 0 radical (unpaired) electrons. The first kappa shape index (κ1) is 16.9. The first-order chi connectivity index (χ1) is 10.9. The van der Waals surface area contributed by atoms with Crippen molar-refractivity contribution in [2.24, 2.45) is 5.92 Å². The van der Waals surface area contributed by atoms with Crippen molar-refractivity contribution in [1.82, 2.24) is 4.98 Å². The molecule has 23 heavy (non-hydrogen) atoms. The molecule has 0 bridgehead atoms. The number of aryl methyl sites for hydroxylation is 3. The summed E-state index contributed by atoms with van der Waals surface area (Å²) >= 11 is 0. The number of nitrogens with zero attached hydrogens (tertiary/aromatic N) is 1. The molecule has 5 heteroatoms. The van der Waals surface area contributed by atoms with Crippen molar-refractivity contribution < 1.29 is 9.21 Å². The Hall–Kier alpha value is -2.43. The second kappa shape index (κ2) is 7.22. The van der Waals surface area contributed by atoms with Crippen LogP contribution in [0.4, 0.5) is 5.82 Å². The molecular weight excluding hydrogens is 292 g/mol. The fraction of sp³-hybridized carbons (Fsp3) is 0.389. The zero-order chi connectivity index (χ0) is 17.0. The number of pyridine rings is 1. The minimum Gasteiger partial charge on any atom is -0.427 e. The summed E-state index contributed by atoms with van der Waals surface area (Å²) in [6.07, 6.45) is 1.62. The number of nitrogens with one attached hydrogen (secondary N) is 1. The SMILES string of the molecule is Cc1cccc(NC(=O)c2c(C)cc(CCC(C)C)oc2=O)n1. The van der Waals surface area contributed by atoms with E-state index in [-0.39, 0.29) is 5.56 Å². The van der Waals surface area contributed by atoms with Crippen LogP contribution in [0.25, 0.3) is 0 Å². The lowest BCUT2D eigenvalue weighted by molar-refractivity contribution is 0.102. The number of amides is 1. The first-order valence-corrected chi connectivity index (χ1v) is 7.75. The topological polar surface area (TPSA) is 72.2 Å². The standard InChI is InChI=1S/C18H22N2O3/c1-11(2)8-9-14-10-12(3)16(18(22)23-14)17(21)20-15-7-5-6-13(4)19-15/h5-7,10-11H,8-9H2,1-4H3,(H,19,20,21). The Balaban J connectivity index is 2.22. The van der Waals surface area contributed by atoms with Gasteiger partial charge in [-0.15, -0.1) is 0 Å². The molecule has 2 heterocycles. The van der Waals surface area contributed by atoms with Crippen LogP contribution < -0.4 is 10.9 Å². The Morgan fingerprint density at radius 2 is 2.04 bits per heavy atom. The van der Waals surface area contributed by atoms with E-state index in [1.54, 1.807) is 25.1 Å². The van der Waals surface area contributed by atoms with E-state index in [4.69, 9.17) is 4.42 Å². The molecule has 0 aliphatic carbocycles. The summed E-state index contributed by atoms with van der Waals surface area (Å²) in [4.78, 5) is 28.7. The highest BCUT2D eigenvalue weighted by Crippen LogP contribution is 2.13. The molecule has 0 spiro atoms. The minimum atomic E-state index is -0.603. The summed E-state index contributed by atoms with van der Waals surface area (Å²) in [5, 5.41) is 2.64. The predicted octanol–water partition coefficient (Wildman–Crippen LogP) is 3.49. The third-order valence-corrected chi connectivity index (χ3v) is 3.52. The van der Waals surface area contributed by atoms with Gasteiger partial charge in [0.15, 0.2) is 0 Å². The van der Waals surface area contributed by atoms with E-state index in [0.717, 1.165) is 12.1 Å². The van der Waals surface area contributed by atoms with E-state index < -0.39 is 11.5 Å². The number of anilines is 1. The Morgan fingerprint density at radius 1 is 1.30 bits per heavy atom. The average Bonchev–Trinajstić information content (AvgIpc) is 2.44. The highest BCUT2D eigenvalue weighted by Gasteiger charge is 2.17. The molecule has 0 fully saturated rings. The van der Waals surface area contributed by atoms with Gasteiger partial charge in [0.1, 0.15) is 17.1 Å². The van der Waals surface area contributed by atoms with Gasteiger partial charge in [0.2, 0.25) is 0 Å². The van der Waals surface area contributed by atoms with Gasteiger partial charge in [0, 0.05) is 12.1 Å². The molecule has 0 saturated heterocycles. The number of hydrogen-bond donors (Lipinski definition) is 1. The van der Waals surface area contributed by atoms with Crippen molar-refractivity contribution in [3.8, 4) is 0 Å². The summed E-state index contributed by atoms with van der Waals surface area (Å²) < 4.78 is 5.29. The maximum atomic E-state index is 12.3. The van der Waals surface area contributed by atoms with E-state index in [9.17, 15) is 9.59 Å². The van der Waals surface area contributed by atoms with Crippen LogP contribution in [0.3, 0.4) is 0 Å². The van der Waals surface area contributed by atoms with Crippen LogP contribution in [0.1, 0.15) is 47.6 Å². The van der Waals surface area contributed by atoms with Crippen LogP contribution in [0.15, 0.2) is 33.5 Å². The van der Waals surface area contributed by atoms with Gasteiger partial charge >= 0.3 is 5.63 Å². The molecule has 0 unspecified atom stereocenters. The fourth-order valence-corrected chi connectivity index (χ4v) is 2.29. The zero-order valence-electron chi connectivity index (χ0n) is 14.0. The quantitative estimate of drug-likeness (QED) is 0.917. The molecule has 0 aliphatic rings. The van der Waals surface area contributed by atoms with E-state index in [1.165, 1.54) is 0 Å². The molecule has 122 valence electrons. The second-order valence-corrected chi connectivity index (χ2v) is 6.11. The van der Waals surface area contributed by atoms with Crippen molar-refractivity contribution in [2.45, 2.75) is 40.5 Å². The van der Waals surface area contributed by atoms with Crippen LogP contribution in [0.2, 0.25) is 0 Å². The molecule has 0 aromatic carbocycles. The van der Waals surface area contributed by atoms with Gasteiger partial charge in [-0.25, -0.2) is 9.78 Å². The Kier molecular flexibility index (Phi) is 5.32. The van der Waals surface area contributed by atoms with Crippen molar-refractivity contribution in [3.05, 3.63) is 57.3 Å². The Labute approximate surface area is 135 Å². The van der Waals surface area contributed by atoms with Gasteiger partial charge in [0.05, 0.1) is 0 Å². The van der Waals surface area contributed by atoms with Crippen LogP contribution in [-0.2, 0) is 6.42 Å². The van der Waals surface area contributed by atoms with Crippen molar-refractivity contribution >= 4 is 11.7 Å². The number of carbonyl (C=O) groups is 1. The van der Waals surface area contributed by atoms with Crippen LogP contribution in [-0.4, -0.2) is 10.9 Å². The van der Waals surface area contributed by atoms with Crippen LogP contribution >= 0.6 is 0 Å². The zero-order valence-corrected chi connectivity index (χ0v) is 14.0. The van der Waals surface area contributed by atoms with Gasteiger partial charge < -0.3 is 9.73 Å². The van der Waals surface area contributed by atoms with Crippen molar-refractivity contribution in [3.63, 3.8) is 0 Å². The molecule has 2 aromatic rings. The lowest BCUT2D eigenvalue weighted by atomic mass is 10.0. The fourth-order valence-electron chi connectivity index (χ4n) is 2.29. The molecule has 0 aliphatic heterocycles. The maximum Gasteiger partial charge on any atom is 0.349 e. The number of hydrogen-bond acceptors (Lipinski definition) is 4.